The predicted molar refractivity (Wildman–Crippen MR) is 93.8 cm³/mol. The quantitative estimate of drug-likeness (QED) is 0.635. The molecular formula is C17H16Cl2N2O2. The molecule has 2 rings (SSSR count). The summed E-state index contributed by atoms with van der Waals surface area (Å²) in [5.41, 5.74) is 4.46. The van der Waals surface area contributed by atoms with E-state index in [1.165, 1.54) is 0 Å². The minimum Gasteiger partial charge on any atom is -0.497 e. The van der Waals surface area contributed by atoms with E-state index in [1.807, 2.05) is 6.92 Å². The average molecular weight is 351 g/mol. The lowest BCUT2D eigenvalue weighted by molar-refractivity contribution is 0.0955. The molecule has 0 atom stereocenters. The number of hydrazone groups is 1. The van der Waals surface area contributed by atoms with E-state index in [-0.39, 0.29) is 5.91 Å². The van der Waals surface area contributed by atoms with Gasteiger partial charge < -0.3 is 4.74 Å². The Morgan fingerprint density at radius 3 is 2.43 bits per heavy atom. The summed E-state index contributed by atoms with van der Waals surface area (Å²) in [7, 11) is 1.57. The molecule has 0 heterocycles. The molecule has 0 aromatic heterocycles. The predicted octanol–water partition coefficient (Wildman–Crippen LogP) is 4.55. The van der Waals surface area contributed by atoms with Crippen molar-refractivity contribution in [1.82, 2.24) is 5.43 Å². The van der Waals surface area contributed by atoms with Crippen LogP contribution in [0.3, 0.4) is 0 Å². The summed E-state index contributed by atoms with van der Waals surface area (Å²) in [6.07, 6.45) is 0.615. The molecule has 0 aliphatic carbocycles. The van der Waals surface area contributed by atoms with Crippen LogP contribution in [0.4, 0.5) is 0 Å². The maximum atomic E-state index is 12.1. The van der Waals surface area contributed by atoms with Gasteiger partial charge in [0, 0.05) is 16.1 Å². The van der Waals surface area contributed by atoms with Crippen molar-refractivity contribution >= 4 is 34.8 Å². The number of benzene rings is 2. The molecule has 0 saturated carbocycles. The van der Waals surface area contributed by atoms with Crippen LogP contribution in [-0.2, 0) is 0 Å². The van der Waals surface area contributed by atoms with Crippen molar-refractivity contribution in [2.75, 3.05) is 7.11 Å². The smallest absolute Gasteiger partial charge is 0.271 e. The molecule has 1 amide bonds. The summed E-state index contributed by atoms with van der Waals surface area (Å²) in [4.78, 5) is 12.1. The minimum absolute atomic E-state index is 0.302. The van der Waals surface area contributed by atoms with E-state index in [0.717, 1.165) is 5.56 Å². The number of carbonyl (C=O) groups excluding carboxylic acids is 1. The first kappa shape index (κ1) is 17.3. The van der Waals surface area contributed by atoms with Crippen molar-refractivity contribution in [3.63, 3.8) is 0 Å². The number of nitrogens with zero attached hydrogens (tertiary/aromatic N) is 1. The van der Waals surface area contributed by atoms with Crippen LogP contribution < -0.4 is 10.2 Å². The van der Waals surface area contributed by atoms with Crippen LogP contribution in [0.15, 0.2) is 47.6 Å². The van der Waals surface area contributed by atoms with Gasteiger partial charge in [-0.25, -0.2) is 5.43 Å². The minimum atomic E-state index is -0.302. The third kappa shape index (κ3) is 4.47. The number of carbonyl (C=O) groups is 1. The third-order valence-corrected chi connectivity index (χ3v) is 3.77. The molecule has 0 spiro atoms. The monoisotopic (exact) mass is 350 g/mol. The highest BCUT2D eigenvalue weighted by atomic mass is 35.5. The number of hydrogen-bond donors (Lipinski definition) is 1. The maximum absolute atomic E-state index is 12.1. The van der Waals surface area contributed by atoms with E-state index in [9.17, 15) is 4.79 Å². The Bertz CT molecular complexity index is 728. The molecule has 6 heteroatoms. The number of nitrogens with one attached hydrogen (secondary N) is 1. The average Bonchev–Trinajstić information content (AvgIpc) is 2.56. The molecule has 0 bridgehead atoms. The molecule has 120 valence electrons. The highest BCUT2D eigenvalue weighted by Crippen LogP contribution is 2.22. The van der Waals surface area contributed by atoms with Gasteiger partial charge in [-0.2, -0.15) is 5.10 Å². The molecule has 0 saturated heterocycles. The highest BCUT2D eigenvalue weighted by Gasteiger charge is 2.09. The molecule has 2 aromatic rings. The number of methoxy groups -OCH3 is 1. The van der Waals surface area contributed by atoms with Crippen LogP contribution in [-0.4, -0.2) is 18.7 Å². The van der Waals surface area contributed by atoms with Gasteiger partial charge in [-0.05, 0) is 42.8 Å². The Labute approximate surface area is 145 Å². The summed E-state index contributed by atoms with van der Waals surface area (Å²) >= 11 is 12.1. The lowest BCUT2D eigenvalue weighted by atomic mass is 10.1. The van der Waals surface area contributed by atoms with Crippen molar-refractivity contribution in [3.05, 3.63) is 63.6 Å². The summed E-state index contributed by atoms with van der Waals surface area (Å²) in [5.74, 6) is 0.385. The summed E-state index contributed by atoms with van der Waals surface area (Å²) < 4.78 is 5.06. The summed E-state index contributed by atoms with van der Waals surface area (Å²) in [5, 5.41) is 5.23. The normalized spacial score (nSPS) is 11.2. The SMILES string of the molecule is CCC(=NNC(=O)c1ccc(OC)cc1)c1ccc(Cl)cc1Cl. The van der Waals surface area contributed by atoms with Crippen molar-refractivity contribution in [1.29, 1.82) is 0 Å². The van der Waals surface area contributed by atoms with E-state index >= 15 is 0 Å². The van der Waals surface area contributed by atoms with Crippen LogP contribution in [0.25, 0.3) is 0 Å². The Balaban J connectivity index is 2.16. The van der Waals surface area contributed by atoms with Crippen molar-refractivity contribution in [2.24, 2.45) is 5.10 Å². The van der Waals surface area contributed by atoms with Gasteiger partial charge in [0.05, 0.1) is 17.8 Å². The first-order valence-corrected chi connectivity index (χ1v) is 7.77. The Morgan fingerprint density at radius 1 is 1.17 bits per heavy atom. The van der Waals surface area contributed by atoms with Crippen LogP contribution in [0.5, 0.6) is 5.75 Å². The standard InChI is InChI=1S/C17H16Cl2N2O2/c1-3-16(14-9-6-12(18)10-15(14)19)20-21-17(22)11-4-7-13(23-2)8-5-11/h4-10H,3H2,1-2H3,(H,21,22). The van der Waals surface area contributed by atoms with Crippen LogP contribution in [0, 0.1) is 0 Å². The van der Waals surface area contributed by atoms with Crippen LogP contribution in [0.1, 0.15) is 29.3 Å². The van der Waals surface area contributed by atoms with Gasteiger partial charge in [0.1, 0.15) is 5.75 Å². The molecule has 0 fully saturated rings. The number of ether oxygens (including phenoxy) is 1. The van der Waals surface area contributed by atoms with Gasteiger partial charge in [-0.3, -0.25) is 4.79 Å². The molecule has 0 aliphatic heterocycles. The Hall–Kier alpha value is -2.04. The van der Waals surface area contributed by atoms with E-state index < -0.39 is 0 Å². The van der Waals surface area contributed by atoms with E-state index in [1.54, 1.807) is 49.6 Å². The second-order valence-corrected chi connectivity index (χ2v) is 5.55. The zero-order valence-corrected chi connectivity index (χ0v) is 14.3. The van der Waals surface area contributed by atoms with Crippen LogP contribution in [0.2, 0.25) is 10.0 Å². The second-order valence-electron chi connectivity index (χ2n) is 4.71. The van der Waals surface area contributed by atoms with Gasteiger partial charge in [-0.1, -0.05) is 36.2 Å². The molecule has 23 heavy (non-hydrogen) atoms. The zero-order chi connectivity index (χ0) is 16.8. The first-order chi connectivity index (χ1) is 11.0. The molecule has 0 radical (unpaired) electrons. The molecule has 4 nitrogen and oxygen atoms in total. The molecule has 0 unspecified atom stereocenters. The lowest BCUT2D eigenvalue weighted by Gasteiger charge is -2.08. The number of amides is 1. The number of halogens is 2. The van der Waals surface area contributed by atoms with Gasteiger partial charge in [-0.15, -0.1) is 0 Å². The van der Waals surface area contributed by atoms with Gasteiger partial charge in [0.25, 0.3) is 5.91 Å². The van der Waals surface area contributed by atoms with Gasteiger partial charge in [0.15, 0.2) is 0 Å². The fraction of sp³-hybridized carbons (Fsp3) is 0.176. The fourth-order valence-corrected chi connectivity index (χ4v) is 2.50. The fourth-order valence-electron chi connectivity index (χ4n) is 1.98. The van der Waals surface area contributed by atoms with E-state index in [2.05, 4.69) is 10.5 Å². The van der Waals surface area contributed by atoms with Gasteiger partial charge >= 0.3 is 0 Å². The number of rotatable bonds is 5. The number of hydrogen-bond acceptors (Lipinski definition) is 3. The van der Waals surface area contributed by atoms with E-state index in [4.69, 9.17) is 27.9 Å². The summed E-state index contributed by atoms with van der Waals surface area (Å²) in [6.45, 7) is 1.93. The molecular weight excluding hydrogens is 335 g/mol. The highest BCUT2D eigenvalue weighted by molar-refractivity contribution is 6.37. The van der Waals surface area contributed by atoms with E-state index in [0.29, 0.717) is 33.5 Å². The largest absolute Gasteiger partial charge is 0.497 e. The van der Waals surface area contributed by atoms with Crippen LogP contribution >= 0.6 is 23.2 Å². The molecule has 2 aromatic carbocycles. The Morgan fingerprint density at radius 2 is 1.87 bits per heavy atom. The first-order valence-electron chi connectivity index (χ1n) is 7.01. The lowest BCUT2D eigenvalue weighted by Crippen LogP contribution is -2.20. The third-order valence-electron chi connectivity index (χ3n) is 3.22. The molecule has 1 N–H and O–H groups in total. The van der Waals surface area contributed by atoms with Crippen molar-refractivity contribution in [2.45, 2.75) is 13.3 Å². The van der Waals surface area contributed by atoms with Crippen molar-refractivity contribution < 1.29 is 9.53 Å². The van der Waals surface area contributed by atoms with Crippen molar-refractivity contribution in [3.8, 4) is 5.75 Å². The maximum Gasteiger partial charge on any atom is 0.271 e. The Kier molecular flexibility index (Phi) is 6.02. The summed E-state index contributed by atoms with van der Waals surface area (Å²) in [6, 6.07) is 11.9. The molecule has 0 aliphatic rings. The zero-order valence-electron chi connectivity index (χ0n) is 12.8. The van der Waals surface area contributed by atoms with Gasteiger partial charge in [0.2, 0.25) is 0 Å². The second kappa shape index (κ2) is 7.99. The topological polar surface area (TPSA) is 50.7 Å².